The predicted molar refractivity (Wildman–Crippen MR) is 90.0 cm³/mol. The van der Waals surface area contributed by atoms with E-state index < -0.39 is 0 Å². The second-order valence-electron chi connectivity index (χ2n) is 6.60. The van der Waals surface area contributed by atoms with Gasteiger partial charge in [-0.3, -0.25) is 0 Å². The third-order valence-electron chi connectivity index (χ3n) is 4.00. The van der Waals surface area contributed by atoms with E-state index in [2.05, 4.69) is 49.2 Å². The summed E-state index contributed by atoms with van der Waals surface area (Å²) in [4.78, 5) is 2.43. The monoisotopic (exact) mass is 290 g/mol. The zero-order valence-electron chi connectivity index (χ0n) is 14.0. The van der Waals surface area contributed by atoms with Crippen LogP contribution in [0.2, 0.25) is 0 Å². The molecule has 118 valence electrons. The Morgan fingerprint density at radius 1 is 1.33 bits per heavy atom. The summed E-state index contributed by atoms with van der Waals surface area (Å²) in [6.45, 7) is 10.5. The van der Waals surface area contributed by atoms with Gasteiger partial charge < -0.3 is 15.0 Å². The smallest absolute Gasteiger partial charge is 0.0637 e. The Hall–Kier alpha value is -1.06. The SMILES string of the molecule is COCCN(CC(C)C)c1ccc(CNC2CC2)c(C)c1. The van der Waals surface area contributed by atoms with Crippen LogP contribution in [-0.4, -0.2) is 32.8 Å². The van der Waals surface area contributed by atoms with E-state index >= 15 is 0 Å². The van der Waals surface area contributed by atoms with Crippen molar-refractivity contribution in [2.75, 3.05) is 31.7 Å². The summed E-state index contributed by atoms with van der Waals surface area (Å²) in [5, 5.41) is 3.60. The first-order valence-electron chi connectivity index (χ1n) is 8.17. The predicted octanol–water partition coefficient (Wildman–Crippen LogP) is 3.36. The zero-order valence-corrected chi connectivity index (χ0v) is 14.0. The van der Waals surface area contributed by atoms with Gasteiger partial charge in [-0.1, -0.05) is 19.9 Å². The normalized spacial score (nSPS) is 14.7. The Balaban J connectivity index is 2.02. The van der Waals surface area contributed by atoms with E-state index in [1.807, 2.05) is 0 Å². The Kier molecular flexibility index (Phi) is 6.07. The maximum atomic E-state index is 5.25. The largest absolute Gasteiger partial charge is 0.383 e. The minimum absolute atomic E-state index is 0.651. The summed E-state index contributed by atoms with van der Waals surface area (Å²) in [6.07, 6.45) is 2.69. The van der Waals surface area contributed by atoms with Crippen molar-refractivity contribution in [2.45, 2.75) is 46.2 Å². The molecule has 1 aromatic carbocycles. The van der Waals surface area contributed by atoms with Gasteiger partial charge in [-0.2, -0.15) is 0 Å². The lowest BCUT2D eigenvalue weighted by Crippen LogP contribution is -2.31. The fourth-order valence-corrected chi connectivity index (χ4v) is 2.58. The number of nitrogens with zero attached hydrogens (tertiary/aromatic N) is 1. The van der Waals surface area contributed by atoms with Crippen molar-refractivity contribution in [3.05, 3.63) is 29.3 Å². The van der Waals surface area contributed by atoms with Gasteiger partial charge in [0.25, 0.3) is 0 Å². The summed E-state index contributed by atoms with van der Waals surface area (Å²) in [7, 11) is 1.77. The van der Waals surface area contributed by atoms with Crippen molar-refractivity contribution >= 4 is 5.69 Å². The number of ether oxygens (including phenoxy) is 1. The molecule has 0 radical (unpaired) electrons. The molecule has 0 bridgehead atoms. The Morgan fingerprint density at radius 2 is 2.10 bits per heavy atom. The molecule has 1 fully saturated rings. The van der Waals surface area contributed by atoms with Crippen LogP contribution in [0.5, 0.6) is 0 Å². The molecule has 1 aromatic rings. The maximum absolute atomic E-state index is 5.25. The van der Waals surface area contributed by atoms with E-state index in [1.165, 1.54) is 29.7 Å². The number of hydrogen-bond acceptors (Lipinski definition) is 3. The molecule has 0 spiro atoms. The zero-order chi connectivity index (χ0) is 15.2. The van der Waals surface area contributed by atoms with Crippen LogP contribution in [0.3, 0.4) is 0 Å². The number of nitrogens with one attached hydrogen (secondary N) is 1. The first-order valence-corrected chi connectivity index (χ1v) is 8.17. The highest BCUT2D eigenvalue weighted by Crippen LogP contribution is 2.23. The standard InChI is InChI=1S/C18H30N2O/c1-14(2)13-20(9-10-21-4)18-8-5-16(15(3)11-18)12-19-17-6-7-17/h5,8,11,14,17,19H,6-7,9-10,12-13H2,1-4H3. The molecule has 0 heterocycles. The first kappa shape index (κ1) is 16.3. The van der Waals surface area contributed by atoms with Gasteiger partial charge in [-0.05, 0) is 48.9 Å². The molecule has 3 heteroatoms. The molecule has 0 saturated heterocycles. The van der Waals surface area contributed by atoms with Gasteiger partial charge in [0.05, 0.1) is 6.61 Å². The number of benzene rings is 1. The van der Waals surface area contributed by atoms with Gasteiger partial charge >= 0.3 is 0 Å². The van der Waals surface area contributed by atoms with E-state index in [4.69, 9.17) is 4.74 Å². The molecule has 0 atom stereocenters. The minimum Gasteiger partial charge on any atom is -0.383 e. The molecule has 1 N–H and O–H groups in total. The fraction of sp³-hybridized carbons (Fsp3) is 0.667. The third kappa shape index (κ3) is 5.33. The van der Waals surface area contributed by atoms with E-state index in [9.17, 15) is 0 Å². The Labute approximate surface area is 129 Å². The second-order valence-corrected chi connectivity index (χ2v) is 6.60. The van der Waals surface area contributed by atoms with Gasteiger partial charge in [0.2, 0.25) is 0 Å². The molecule has 0 aromatic heterocycles. The summed E-state index contributed by atoms with van der Waals surface area (Å²) in [5.41, 5.74) is 4.11. The summed E-state index contributed by atoms with van der Waals surface area (Å²) >= 11 is 0. The molecule has 3 nitrogen and oxygen atoms in total. The lowest BCUT2D eigenvalue weighted by Gasteiger charge is -2.27. The van der Waals surface area contributed by atoms with Crippen LogP contribution in [0, 0.1) is 12.8 Å². The van der Waals surface area contributed by atoms with Crippen LogP contribution < -0.4 is 10.2 Å². The van der Waals surface area contributed by atoms with E-state index in [0.29, 0.717) is 5.92 Å². The number of aryl methyl sites for hydroxylation is 1. The van der Waals surface area contributed by atoms with Gasteiger partial charge in [0, 0.05) is 38.5 Å². The molecule has 2 rings (SSSR count). The lowest BCUT2D eigenvalue weighted by molar-refractivity contribution is 0.204. The molecule has 0 amide bonds. The van der Waals surface area contributed by atoms with Crippen molar-refractivity contribution in [1.29, 1.82) is 0 Å². The average Bonchev–Trinajstić information content (AvgIpc) is 3.26. The van der Waals surface area contributed by atoms with Crippen molar-refractivity contribution in [3.63, 3.8) is 0 Å². The van der Waals surface area contributed by atoms with Crippen LogP contribution in [0.25, 0.3) is 0 Å². The van der Waals surface area contributed by atoms with Crippen LogP contribution in [0.1, 0.15) is 37.8 Å². The average molecular weight is 290 g/mol. The van der Waals surface area contributed by atoms with Crippen LogP contribution in [-0.2, 0) is 11.3 Å². The van der Waals surface area contributed by atoms with Crippen molar-refractivity contribution < 1.29 is 4.74 Å². The van der Waals surface area contributed by atoms with Crippen LogP contribution >= 0.6 is 0 Å². The molecular weight excluding hydrogens is 260 g/mol. The van der Waals surface area contributed by atoms with E-state index in [0.717, 1.165) is 32.3 Å². The molecule has 0 unspecified atom stereocenters. The number of rotatable bonds is 9. The lowest BCUT2D eigenvalue weighted by atomic mass is 10.1. The third-order valence-corrected chi connectivity index (χ3v) is 4.00. The van der Waals surface area contributed by atoms with E-state index in [-0.39, 0.29) is 0 Å². The number of hydrogen-bond donors (Lipinski definition) is 1. The Morgan fingerprint density at radius 3 is 2.67 bits per heavy atom. The van der Waals surface area contributed by atoms with Gasteiger partial charge in [0.15, 0.2) is 0 Å². The van der Waals surface area contributed by atoms with Gasteiger partial charge in [-0.15, -0.1) is 0 Å². The topological polar surface area (TPSA) is 24.5 Å². The van der Waals surface area contributed by atoms with Crippen LogP contribution in [0.15, 0.2) is 18.2 Å². The van der Waals surface area contributed by atoms with Crippen molar-refractivity contribution in [3.8, 4) is 0 Å². The molecule has 1 aliphatic carbocycles. The minimum atomic E-state index is 0.651. The summed E-state index contributed by atoms with van der Waals surface area (Å²) < 4.78 is 5.25. The first-order chi connectivity index (χ1) is 10.1. The molecule has 0 aliphatic heterocycles. The molecular formula is C18H30N2O. The number of methoxy groups -OCH3 is 1. The molecule has 21 heavy (non-hydrogen) atoms. The van der Waals surface area contributed by atoms with E-state index in [1.54, 1.807) is 7.11 Å². The second kappa shape index (κ2) is 7.81. The van der Waals surface area contributed by atoms with Crippen molar-refractivity contribution in [2.24, 2.45) is 5.92 Å². The van der Waals surface area contributed by atoms with Gasteiger partial charge in [0.1, 0.15) is 0 Å². The Bertz CT molecular complexity index is 441. The van der Waals surface area contributed by atoms with Crippen molar-refractivity contribution in [1.82, 2.24) is 5.32 Å². The fourth-order valence-electron chi connectivity index (χ4n) is 2.58. The maximum Gasteiger partial charge on any atom is 0.0637 e. The highest BCUT2D eigenvalue weighted by molar-refractivity contribution is 5.51. The number of anilines is 1. The summed E-state index contributed by atoms with van der Waals surface area (Å²) in [5.74, 6) is 0.651. The molecule has 1 aliphatic rings. The van der Waals surface area contributed by atoms with Gasteiger partial charge in [-0.25, -0.2) is 0 Å². The highest BCUT2D eigenvalue weighted by Gasteiger charge is 2.20. The highest BCUT2D eigenvalue weighted by atomic mass is 16.5. The van der Waals surface area contributed by atoms with Crippen LogP contribution in [0.4, 0.5) is 5.69 Å². The molecule has 1 saturated carbocycles. The quantitative estimate of drug-likeness (QED) is 0.755. The summed E-state index contributed by atoms with van der Waals surface area (Å²) in [6, 6.07) is 7.63.